The van der Waals surface area contributed by atoms with Gasteiger partial charge in [0.1, 0.15) is 5.82 Å². The van der Waals surface area contributed by atoms with Gasteiger partial charge < -0.3 is 4.90 Å². The van der Waals surface area contributed by atoms with Crippen LogP contribution in [0.1, 0.15) is 6.92 Å². The molecule has 2 aliphatic rings. The smallest absolute Gasteiger partial charge is 0.128 e. The number of benzene rings is 1. The number of halogens is 1. The summed E-state index contributed by atoms with van der Waals surface area (Å²) in [5.74, 6) is 1.08. The molecule has 1 aromatic heterocycles. The fourth-order valence-electron chi connectivity index (χ4n) is 3.50. The molecule has 1 unspecified atom stereocenters. The molecule has 1 aromatic carbocycles. The Labute approximate surface area is 159 Å². The van der Waals surface area contributed by atoms with Gasteiger partial charge in [-0.15, -0.1) is 0 Å². The molecule has 1 atom stereocenters. The highest BCUT2D eigenvalue weighted by Gasteiger charge is 2.25. The van der Waals surface area contributed by atoms with Crippen molar-refractivity contribution in [3.05, 3.63) is 65.5 Å². The van der Waals surface area contributed by atoms with Gasteiger partial charge in [-0.3, -0.25) is 9.91 Å². The van der Waals surface area contributed by atoms with Crippen molar-refractivity contribution in [2.75, 3.05) is 42.6 Å². The van der Waals surface area contributed by atoms with Gasteiger partial charge in [0, 0.05) is 51.2 Å². The molecule has 0 saturated carbocycles. The average molecular weight is 370 g/mol. The topological polar surface area (TPSA) is 34.6 Å². The number of para-hydroxylation sites is 1. The first-order chi connectivity index (χ1) is 12.7. The molecular weight excluding hydrogens is 346 g/mol. The number of nitrogens with zero attached hydrogens (tertiary/aromatic N) is 4. The van der Waals surface area contributed by atoms with Gasteiger partial charge in [0.15, 0.2) is 0 Å². The van der Waals surface area contributed by atoms with Crippen LogP contribution in [0, 0.1) is 0 Å². The van der Waals surface area contributed by atoms with Crippen LogP contribution in [0.25, 0.3) is 0 Å². The van der Waals surface area contributed by atoms with E-state index in [0.717, 1.165) is 49.3 Å². The molecule has 0 bridgehead atoms. The first kappa shape index (κ1) is 17.3. The standard InChI is InChI=1S/C20H24ClN5/c1-16-17(15-26(23-16)19-7-3-2-6-18(19)21)14-24-10-12-25(13-11-24)20-8-4-5-9-22-20/h2-9,15-16,23H,10-14H2,1H3. The van der Waals surface area contributed by atoms with Crippen LogP contribution in [0.15, 0.2) is 60.4 Å². The second kappa shape index (κ2) is 7.66. The summed E-state index contributed by atoms with van der Waals surface area (Å²) in [6.45, 7) is 7.30. The van der Waals surface area contributed by atoms with Gasteiger partial charge in [-0.1, -0.05) is 29.8 Å². The predicted molar refractivity (Wildman–Crippen MR) is 108 cm³/mol. The van der Waals surface area contributed by atoms with Crippen molar-refractivity contribution in [1.82, 2.24) is 15.3 Å². The van der Waals surface area contributed by atoms with Gasteiger partial charge in [0.05, 0.1) is 10.7 Å². The summed E-state index contributed by atoms with van der Waals surface area (Å²) in [5.41, 5.74) is 5.88. The summed E-state index contributed by atoms with van der Waals surface area (Å²) in [6, 6.07) is 14.3. The number of hydrogen-bond donors (Lipinski definition) is 1. The number of rotatable bonds is 4. The molecule has 136 valence electrons. The van der Waals surface area contributed by atoms with E-state index in [0.29, 0.717) is 6.04 Å². The van der Waals surface area contributed by atoms with Crippen LogP contribution in [0.5, 0.6) is 0 Å². The predicted octanol–water partition coefficient (Wildman–Crippen LogP) is 3.15. The number of pyridine rings is 1. The summed E-state index contributed by atoms with van der Waals surface area (Å²) in [5, 5.41) is 2.81. The van der Waals surface area contributed by atoms with Gasteiger partial charge in [-0.05, 0) is 36.8 Å². The van der Waals surface area contributed by atoms with E-state index < -0.39 is 0 Å². The third kappa shape index (κ3) is 3.70. The minimum absolute atomic E-state index is 0.306. The number of hydrogen-bond acceptors (Lipinski definition) is 5. The zero-order chi connectivity index (χ0) is 17.9. The monoisotopic (exact) mass is 369 g/mol. The van der Waals surface area contributed by atoms with E-state index in [4.69, 9.17) is 11.6 Å². The lowest BCUT2D eigenvalue weighted by Gasteiger charge is -2.35. The summed E-state index contributed by atoms with van der Waals surface area (Å²) >= 11 is 6.33. The third-order valence-electron chi connectivity index (χ3n) is 5.05. The van der Waals surface area contributed by atoms with Crippen LogP contribution in [-0.4, -0.2) is 48.6 Å². The molecule has 0 radical (unpaired) electrons. The number of aromatic nitrogens is 1. The van der Waals surface area contributed by atoms with Crippen molar-refractivity contribution >= 4 is 23.1 Å². The first-order valence-corrected chi connectivity index (χ1v) is 9.47. The lowest BCUT2D eigenvalue weighted by atomic mass is 10.1. The lowest BCUT2D eigenvalue weighted by molar-refractivity contribution is 0.274. The Morgan fingerprint density at radius 2 is 1.85 bits per heavy atom. The van der Waals surface area contributed by atoms with Gasteiger partial charge in [-0.2, -0.15) is 0 Å². The molecule has 5 nitrogen and oxygen atoms in total. The third-order valence-corrected chi connectivity index (χ3v) is 5.37. The quantitative estimate of drug-likeness (QED) is 0.895. The van der Waals surface area contributed by atoms with Crippen molar-refractivity contribution in [3.8, 4) is 0 Å². The summed E-state index contributed by atoms with van der Waals surface area (Å²) in [7, 11) is 0. The molecule has 1 N–H and O–H groups in total. The molecule has 3 heterocycles. The molecule has 0 spiro atoms. The minimum Gasteiger partial charge on any atom is -0.354 e. The Hall–Kier alpha value is -2.08. The van der Waals surface area contributed by atoms with E-state index in [1.54, 1.807) is 0 Å². The van der Waals surface area contributed by atoms with Crippen LogP contribution in [0.3, 0.4) is 0 Å². The largest absolute Gasteiger partial charge is 0.354 e. The van der Waals surface area contributed by atoms with E-state index in [2.05, 4.69) is 45.5 Å². The van der Waals surface area contributed by atoms with Crippen LogP contribution >= 0.6 is 11.6 Å². The highest BCUT2D eigenvalue weighted by atomic mass is 35.5. The molecule has 6 heteroatoms. The Morgan fingerprint density at radius 1 is 1.08 bits per heavy atom. The van der Waals surface area contributed by atoms with Gasteiger partial charge >= 0.3 is 0 Å². The summed E-state index contributed by atoms with van der Waals surface area (Å²) < 4.78 is 0. The van der Waals surface area contributed by atoms with Crippen LogP contribution < -0.4 is 15.3 Å². The Balaban J connectivity index is 1.37. The van der Waals surface area contributed by atoms with Crippen molar-refractivity contribution in [3.63, 3.8) is 0 Å². The Kier molecular flexibility index (Phi) is 5.11. The normalized spacial score (nSPS) is 21.2. The fourth-order valence-corrected chi connectivity index (χ4v) is 3.73. The maximum Gasteiger partial charge on any atom is 0.128 e. The summed E-state index contributed by atoms with van der Waals surface area (Å²) in [4.78, 5) is 9.33. The molecule has 26 heavy (non-hydrogen) atoms. The fraction of sp³-hybridized carbons (Fsp3) is 0.350. The lowest BCUT2D eigenvalue weighted by Crippen LogP contribution is -2.47. The zero-order valence-electron chi connectivity index (χ0n) is 15.0. The molecule has 1 saturated heterocycles. The molecule has 4 rings (SSSR count). The van der Waals surface area contributed by atoms with E-state index in [1.807, 2.05) is 41.5 Å². The second-order valence-corrected chi connectivity index (χ2v) is 7.23. The van der Waals surface area contributed by atoms with Crippen molar-refractivity contribution < 1.29 is 0 Å². The minimum atomic E-state index is 0.306. The van der Waals surface area contributed by atoms with Gasteiger partial charge in [-0.25, -0.2) is 10.4 Å². The SMILES string of the molecule is CC1NN(c2ccccc2Cl)C=C1CN1CCN(c2ccccn2)CC1. The maximum atomic E-state index is 6.33. The van der Waals surface area contributed by atoms with E-state index in [-0.39, 0.29) is 0 Å². The van der Waals surface area contributed by atoms with Crippen molar-refractivity contribution in [2.24, 2.45) is 0 Å². The van der Waals surface area contributed by atoms with Crippen molar-refractivity contribution in [2.45, 2.75) is 13.0 Å². The summed E-state index contributed by atoms with van der Waals surface area (Å²) in [6.07, 6.45) is 4.05. The molecular formula is C20H24ClN5. The van der Waals surface area contributed by atoms with E-state index in [9.17, 15) is 0 Å². The average Bonchev–Trinajstić information content (AvgIpc) is 3.04. The molecule has 0 aliphatic carbocycles. The maximum absolute atomic E-state index is 6.33. The Morgan fingerprint density at radius 3 is 2.58 bits per heavy atom. The van der Waals surface area contributed by atoms with Gasteiger partial charge in [0.25, 0.3) is 0 Å². The second-order valence-electron chi connectivity index (χ2n) is 6.83. The number of nitrogens with one attached hydrogen (secondary N) is 1. The highest BCUT2D eigenvalue weighted by molar-refractivity contribution is 6.33. The Bertz CT molecular complexity index is 771. The van der Waals surface area contributed by atoms with Crippen LogP contribution in [0.4, 0.5) is 11.5 Å². The number of hydrazine groups is 1. The van der Waals surface area contributed by atoms with Crippen LogP contribution in [0.2, 0.25) is 5.02 Å². The number of anilines is 2. The molecule has 2 aliphatic heterocycles. The molecule has 2 aromatic rings. The van der Waals surface area contributed by atoms with E-state index >= 15 is 0 Å². The van der Waals surface area contributed by atoms with Crippen LogP contribution in [-0.2, 0) is 0 Å². The molecule has 1 fully saturated rings. The number of piperazine rings is 1. The molecule has 0 amide bonds. The van der Waals surface area contributed by atoms with Gasteiger partial charge in [0.2, 0.25) is 0 Å². The van der Waals surface area contributed by atoms with E-state index in [1.165, 1.54) is 5.57 Å². The highest BCUT2D eigenvalue weighted by Crippen LogP contribution is 2.28. The van der Waals surface area contributed by atoms with Crippen molar-refractivity contribution in [1.29, 1.82) is 0 Å². The zero-order valence-corrected chi connectivity index (χ0v) is 15.7. The first-order valence-electron chi connectivity index (χ1n) is 9.09.